The second-order valence-corrected chi connectivity index (χ2v) is 21.5. The van der Waals surface area contributed by atoms with E-state index >= 15 is 0 Å². The molecule has 8 rings (SSSR count). The molecule has 338 valence electrons. The van der Waals surface area contributed by atoms with Gasteiger partial charge >= 0.3 is 0 Å². The third kappa shape index (κ3) is 10.5. The molecule has 5 heterocycles. The van der Waals surface area contributed by atoms with E-state index in [-0.39, 0.29) is 24.1 Å². The number of nitrogens with zero attached hydrogens (tertiary/aromatic N) is 6. The lowest BCUT2D eigenvalue weighted by atomic mass is 10.0. The predicted molar refractivity (Wildman–Crippen MR) is 252 cm³/mol. The molecule has 1 unspecified atom stereocenters. The number of aromatic nitrogens is 2. The molecule has 19 heteroatoms. The molecule has 0 spiro atoms. The number of imide groups is 1. The van der Waals surface area contributed by atoms with Crippen molar-refractivity contribution >= 4 is 88.3 Å². The van der Waals surface area contributed by atoms with Crippen LogP contribution in [0.3, 0.4) is 0 Å². The van der Waals surface area contributed by atoms with Crippen LogP contribution >= 0.6 is 30.5 Å². The third-order valence-corrected chi connectivity index (χ3v) is 15.2. The summed E-state index contributed by atoms with van der Waals surface area (Å²) in [5, 5.41) is 13.0. The Hall–Kier alpha value is -5.19. The lowest BCUT2D eigenvalue weighted by molar-refractivity contribution is -0.137. The number of fused-ring (bicyclic) bond motifs is 1. The molecule has 3 saturated heterocycles. The summed E-state index contributed by atoms with van der Waals surface area (Å²) >= 11 is 8.07. The maximum Gasteiger partial charge on any atom is 0.255 e. The van der Waals surface area contributed by atoms with Crippen LogP contribution in [0.15, 0.2) is 71.8 Å². The average molecular weight is 929 g/mol. The van der Waals surface area contributed by atoms with Crippen LogP contribution < -0.4 is 36.2 Å². The molecule has 4 aliphatic heterocycles. The zero-order valence-electron chi connectivity index (χ0n) is 36.3. The average Bonchev–Trinajstić information content (AvgIpc) is 3.62. The van der Waals surface area contributed by atoms with Crippen LogP contribution in [0, 0.1) is 0 Å². The van der Waals surface area contributed by atoms with E-state index in [0.29, 0.717) is 82.6 Å². The summed E-state index contributed by atoms with van der Waals surface area (Å²) in [6.07, 6.45) is 4.15. The van der Waals surface area contributed by atoms with Gasteiger partial charge in [0, 0.05) is 98.1 Å². The molecule has 4 amide bonds. The molecular formula is C45H54ClN10O6PS. The van der Waals surface area contributed by atoms with E-state index in [1.807, 2.05) is 48.5 Å². The highest BCUT2D eigenvalue weighted by atomic mass is 35.5. The SMILES string of the molecule is COc1cc(N2CCC(N3CCN(CC(=O)NCCSc4cccc5c4CN(C4CCC(=O)NC4=O)C5=O)CC3)CC2)ccc1Nc1ncc(Cl)c(Nc2ccccc2P(C)(C)=O)n1. The number of rotatable bonds is 15. The second kappa shape index (κ2) is 19.9. The Labute approximate surface area is 382 Å². The first-order valence-electron chi connectivity index (χ1n) is 21.6. The topological polar surface area (TPSA) is 181 Å². The van der Waals surface area contributed by atoms with Crippen molar-refractivity contribution in [2.75, 3.05) is 94.1 Å². The highest BCUT2D eigenvalue weighted by Crippen LogP contribution is 2.39. The number of hydrogen-bond acceptors (Lipinski definition) is 14. The Balaban J connectivity index is 0.759. The van der Waals surface area contributed by atoms with Crippen LogP contribution in [0.4, 0.5) is 28.8 Å². The Morgan fingerprint density at radius 2 is 1.73 bits per heavy atom. The number of nitrogens with one attached hydrogen (secondary N) is 4. The minimum absolute atomic E-state index is 0.00232. The molecule has 0 saturated carbocycles. The first-order valence-corrected chi connectivity index (χ1v) is 25.6. The van der Waals surface area contributed by atoms with Crippen molar-refractivity contribution in [3.8, 4) is 5.75 Å². The van der Waals surface area contributed by atoms with E-state index in [9.17, 15) is 23.7 Å². The molecule has 4 N–H and O–H groups in total. The number of methoxy groups -OCH3 is 1. The molecule has 4 aromatic rings. The molecule has 3 aromatic carbocycles. The fourth-order valence-electron chi connectivity index (χ4n) is 8.87. The number of benzene rings is 3. The van der Waals surface area contributed by atoms with E-state index < -0.39 is 19.1 Å². The third-order valence-electron chi connectivity index (χ3n) is 12.3. The predicted octanol–water partition coefficient (Wildman–Crippen LogP) is 5.13. The minimum atomic E-state index is -2.56. The first kappa shape index (κ1) is 45.4. The number of anilines is 5. The zero-order chi connectivity index (χ0) is 45.0. The van der Waals surface area contributed by atoms with Crippen molar-refractivity contribution < 1.29 is 28.5 Å². The maximum atomic E-state index is 13.2. The van der Waals surface area contributed by atoms with Crippen LogP contribution in [-0.2, 0) is 25.5 Å². The van der Waals surface area contributed by atoms with E-state index in [1.54, 1.807) is 43.2 Å². The molecule has 0 bridgehead atoms. The molecular weight excluding hydrogens is 875 g/mol. The Morgan fingerprint density at radius 1 is 0.953 bits per heavy atom. The lowest BCUT2D eigenvalue weighted by Gasteiger charge is -2.43. The number of thioether (sulfide) groups is 1. The van der Waals surface area contributed by atoms with E-state index in [4.69, 9.17) is 16.3 Å². The molecule has 4 aliphatic rings. The molecule has 0 radical (unpaired) electrons. The van der Waals surface area contributed by atoms with Crippen molar-refractivity contribution in [2.45, 2.75) is 49.2 Å². The van der Waals surface area contributed by atoms with E-state index in [2.05, 4.69) is 52.0 Å². The number of carbonyl (C=O) groups excluding carboxylic acids is 4. The first-order chi connectivity index (χ1) is 30.8. The Kier molecular flexibility index (Phi) is 14.1. The second-order valence-electron chi connectivity index (χ2n) is 16.8. The minimum Gasteiger partial charge on any atom is -0.494 e. The van der Waals surface area contributed by atoms with Gasteiger partial charge in [-0.1, -0.05) is 29.8 Å². The fraction of sp³-hybridized carbons (Fsp3) is 0.422. The van der Waals surface area contributed by atoms with Gasteiger partial charge in [-0.3, -0.25) is 34.3 Å². The standard InChI is InChI=1S/C45H54ClN10O6PS/c1-62-37-25-30(11-12-34(37)50-45-48-26-33(46)42(52-45)49-35-8-4-5-9-38(35)63(2,3)61)54-18-15-29(16-19-54)55-22-20-53(21-23-55)28-41(58)47-17-24-64-39-10-6-7-31-32(39)27-56(44(31)60)36-13-14-40(57)51-43(36)59/h4-12,25-26,29,36H,13-24,27-28H2,1-3H3,(H,47,58)(H,51,57,59)(H2,48,49,50,52). The van der Waals surface area contributed by atoms with Gasteiger partial charge in [0.05, 0.1) is 31.2 Å². The summed E-state index contributed by atoms with van der Waals surface area (Å²) in [5.74, 6) is 1.12. The number of para-hydroxylation sites is 1. The van der Waals surface area contributed by atoms with Crippen LogP contribution in [0.2, 0.25) is 5.02 Å². The van der Waals surface area contributed by atoms with E-state index in [0.717, 1.165) is 68.3 Å². The van der Waals surface area contributed by atoms with Gasteiger partial charge in [-0.2, -0.15) is 4.98 Å². The summed E-state index contributed by atoms with van der Waals surface area (Å²) in [7, 11) is -0.915. The van der Waals surface area contributed by atoms with Crippen LogP contribution in [-0.4, -0.2) is 139 Å². The molecule has 64 heavy (non-hydrogen) atoms. The molecule has 3 fully saturated rings. The van der Waals surface area contributed by atoms with Crippen molar-refractivity contribution in [1.29, 1.82) is 0 Å². The molecule has 0 aliphatic carbocycles. The van der Waals surface area contributed by atoms with Crippen molar-refractivity contribution in [1.82, 2.24) is 35.3 Å². The zero-order valence-corrected chi connectivity index (χ0v) is 38.7. The smallest absolute Gasteiger partial charge is 0.255 e. The fourth-order valence-corrected chi connectivity index (χ4v) is 11.1. The summed E-state index contributed by atoms with van der Waals surface area (Å²) < 4.78 is 18.7. The monoisotopic (exact) mass is 928 g/mol. The summed E-state index contributed by atoms with van der Waals surface area (Å²) in [5.41, 5.74) is 3.95. The number of piperazine rings is 1. The van der Waals surface area contributed by atoms with Gasteiger partial charge in [0.2, 0.25) is 23.7 Å². The summed E-state index contributed by atoms with van der Waals surface area (Å²) in [4.78, 5) is 68.9. The maximum absolute atomic E-state index is 13.2. The van der Waals surface area contributed by atoms with E-state index in [1.165, 1.54) is 6.20 Å². The van der Waals surface area contributed by atoms with Crippen molar-refractivity contribution in [3.05, 3.63) is 83.0 Å². The van der Waals surface area contributed by atoms with Gasteiger partial charge in [-0.15, -0.1) is 11.8 Å². The number of amides is 4. The van der Waals surface area contributed by atoms with Gasteiger partial charge in [0.25, 0.3) is 5.91 Å². The van der Waals surface area contributed by atoms with Crippen molar-refractivity contribution in [3.63, 3.8) is 0 Å². The van der Waals surface area contributed by atoms with Gasteiger partial charge in [-0.25, -0.2) is 4.98 Å². The summed E-state index contributed by atoms with van der Waals surface area (Å²) in [6.45, 7) is 9.99. The van der Waals surface area contributed by atoms with Crippen LogP contribution in [0.5, 0.6) is 5.75 Å². The van der Waals surface area contributed by atoms with Crippen LogP contribution in [0.1, 0.15) is 41.6 Å². The number of carbonyl (C=O) groups is 4. The molecule has 1 atom stereocenters. The Morgan fingerprint density at radius 3 is 2.48 bits per heavy atom. The van der Waals surface area contributed by atoms with Gasteiger partial charge in [0.1, 0.15) is 24.0 Å². The number of ether oxygens (including phenoxy) is 1. The van der Waals surface area contributed by atoms with Gasteiger partial charge in [-0.05, 0) is 74.6 Å². The number of halogens is 1. The Bertz CT molecular complexity index is 2460. The lowest BCUT2D eigenvalue weighted by Crippen LogP contribution is -2.54. The van der Waals surface area contributed by atoms with Gasteiger partial charge < -0.3 is 35.1 Å². The highest BCUT2D eigenvalue weighted by Gasteiger charge is 2.40. The van der Waals surface area contributed by atoms with Crippen LogP contribution in [0.25, 0.3) is 0 Å². The van der Waals surface area contributed by atoms with Gasteiger partial charge in [0.15, 0.2) is 5.82 Å². The highest BCUT2D eigenvalue weighted by molar-refractivity contribution is 7.99. The quantitative estimate of drug-likeness (QED) is 0.0533. The normalized spacial score (nSPS) is 18.8. The summed E-state index contributed by atoms with van der Waals surface area (Å²) in [6, 6.07) is 18.9. The molecule has 16 nitrogen and oxygen atoms in total. The molecule has 1 aromatic heterocycles. The number of hydrogen-bond donors (Lipinski definition) is 4. The largest absolute Gasteiger partial charge is 0.494 e. The number of piperidine rings is 2. The van der Waals surface area contributed by atoms with Crippen molar-refractivity contribution in [2.24, 2.45) is 0 Å².